The van der Waals surface area contributed by atoms with Crippen LogP contribution >= 0.6 is 0 Å². The minimum Gasteiger partial charge on any atom is -0.503 e. The fourth-order valence-corrected chi connectivity index (χ4v) is 2.96. The van der Waals surface area contributed by atoms with Gasteiger partial charge >= 0.3 is 0 Å². The van der Waals surface area contributed by atoms with Gasteiger partial charge in [0.1, 0.15) is 5.75 Å². The molecule has 0 unspecified atom stereocenters. The van der Waals surface area contributed by atoms with Crippen molar-refractivity contribution >= 4 is 11.7 Å². The first-order valence-corrected chi connectivity index (χ1v) is 7.90. The van der Waals surface area contributed by atoms with Crippen molar-refractivity contribution in [3.8, 4) is 5.75 Å². The van der Waals surface area contributed by atoms with E-state index in [0.717, 1.165) is 18.5 Å². The molecule has 1 N–H and O–H groups in total. The van der Waals surface area contributed by atoms with Crippen LogP contribution in [0.15, 0.2) is 35.6 Å². The Bertz CT molecular complexity index is 667. The number of hydrogen-bond acceptors (Lipinski definition) is 5. The van der Waals surface area contributed by atoms with E-state index in [1.807, 2.05) is 31.1 Å². The summed E-state index contributed by atoms with van der Waals surface area (Å²) in [7, 11) is 5.48. The topological polar surface area (TPSA) is 70.1 Å². The first-order valence-electron chi connectivity index (χ1n) is 7.90. The number of amides is 1. The minimum atomic E-state index is -0.577. The van der Waals surface area contributed by atoms with Gasteiger partial charge < -0.3 is 19.6 Å². The van der Waals surface area contributed by atoms with Gasteiger partial charge in [-0.25, -0.2) is 0 Å². The molecular formula is C18H24N2O4. The minimum absolute atomic E-state index is 0.151. The summed E-state index contributed by atoms with van der Waals surface area (Å²) in [5, 5.41) is 10.2. The Morgan fingerprint density at radius 3 is 2.67 bits per heavy atom. The molecule has 24 heavy (non-hydrogen) atoms. The van der Waals surface area contributed by atoms with E-state index in [1.54, 1.807) is 24.1 Å². The highest BCUT2D eigenvalue weighted by Crippen LogP contribution is 2.38. The molecule has 1 aliphatic rings. The van der Waals surface area contributed by atoms with Gasteiger partial charge in [-0.05, 0) is 51.7 Å². The second kappa shape index (κ2) is 7.49. The Labute approximate surface area is 142 Å². The summed E-state index contributed by atoms with van der Waals surface area (Å²) in [6.45, 7) is 2.64. The molecule has 1 aromatic rings. The molecule has 1 amide bonds. The summed E-state index contributed by atoms with van der Waals surface area (Å²) in [5.41, 5.74) is 0.903. The SMILES string of the molecule is COc1cccc([C@H]2C(C(C)=O)=C(O)C(=O)N2CCCN(C)C)c1. The smallest absolute Gasteiger partial charge is 0.290 e. The van der Waals surface area contributed by atoms with E-state index in [9.17, 15) is 14.7 Å². The van der Waals surface area contributed by atoms with Crippen LogP contribution in [0.3, 0.4) is 0 Å². The summed E-state index contributed by atoms with van der Waals surface area (Å²) in [5.74, 6) is -0.599. The van der Waals surface area contributed by atoms with Gasteiger partial charge in [0.15, 0.2) is 11.5 Å². The Kier molecular flexibility index (Phi) is 5.62. The monoisotopic (exact) mass is 332 g/mol. The summed E-state index contributed by atoms with van der Waals surface area (Å²) in [6.07, 6.45) is 0.748. The van der Waals surface area contributed by atoms with E-state index >= 15 is 0 Å². The van der Waals surface area contributed by atoms with Gasteiger partial charge in [-0.15, -0.1) is 0 Å². The van der Waals surface area contributed by atoms with Crippen molar-refractivity contribution in [2.75, 3.05) is 34.3 Å². The molecule has 6 heteroatoms. The number of carbonyl (C=O) groups excluding carboxylic acids is 2. The maximum Gasteiger partial charge on any atom is 0.290 e. The molecule has 0 radical (unpaired) electrons. The number of methoxy groups -OCH3 is 1. The van der Waals surface area contributed by atoms with Gasteiger partial charge in [0.25, 0.3) is 5.91 Å². The number of aliphatic hydroxyl groups is 1. The second-order valence-electron chi connectivity index (χ2n) is 6.15. The van der Waals surface area contributed by atoms with E-state index in [1.165, 1.54) is 6.92 Å². The number of rotatable bonds is 7. The van der Waals surface area contributed by atoms with Gasteiger partial charge in [0.2, 0.25) is 0 Å². The van der Waals surface area contributed by atoms with Crippen molar-refractivity contribution in [1.29, 1.82) is 0 Å². The molecule has 1 heterocycles. The van der Waals surface area contributed by atoms with Crippen molar-refractivity contribution in [1.82, 2.24) is 9.80 Å². The Morgan fingerprint density at radius 1 is 1.38 bits per heavy atom. The van der Waals surface area contributed by atoms with E-state index in [0.29, 0.717) is 12.3 Å². The van der Waals surface area contributed by atoms with Crippen LogP contribution in [-0.4, -0.2) is 60.9 Å². The Morgan fingerprint density at radius 2 is 2.08 bits per heavy atom. The van der Waals surface area contributed by atoms with Crippen molar-refractivity contribution in [3.63, 3.8) is 0 Å². The number of ether oxygens (including phenoxy) is 1. The number of hydrogen-bond donors (Lipinski definition) is 1. The quantitative estimate of drug-likeness (QED) is 0.826. The molecule has 0 saturated carbocycles. The number of aliphatic hydroxyl groups excluding tert-OH is 1. The molecule has 6 nitrogen and oxygen atoms in total. The third kappa shape index (κ3) is 3.59. The molecule has 130 valence electrons. The van der Waals surface area contributed by atoms with Crippen LogP contribution in [-0.2, 0) is 9.59 Å². The Balaban J connectivity index is 2.38. The summed E-state index contributed by atoms with van der Waals surface area (Å²) in [6, 6.07) is 6.66. The van der Waals surface area contributed by atoms with Gasteiger partial charge in [-0.2, -0.15) is 0 Å². The standard InChI is InChI=1S/C18H24N2O4/c1-12(21)15-16(13-7-5-8-14(11-13)24-4)20(18(23)17(15)22)10-6-9-19(2)3/h5,7-8,11,16,22H,6,9-10H2,1-4H3/t16-/m0/s1. The van der Waals surface area contributed by atoms with Gasteiger partial charge in [-0.1, -0.05) is 12.1 Å². The van der Waals surface area contributed by atoms with E-state index in [-0.39, 0.29) is 11.4 Å². The fourth-order valence-electron chi connectivity index (χ4n) is 2.96. The van der Waals surface area contributed by atoms with Gasteiger partial charge in [0.05, 0.1) is 18.7 Å². The van der Waals surface area contributed by atoms with Crippen LogP contribution in [0.1, 0.15) is 24.9 Å². The summed E-state index contributed by atoms with van der Waals surface area (Å²) in [4.78, 5) is 28.1. The normalized spacial score (nSPS) is 17.8. The highest BCUT2D eigenvalue weighted by molar-refractivity contribution is 6.08. The number of Topliss-reactive ketones (excluding diaryl/α,β-unsaturated/α-hetero) is 1. The number of ketones is 1. The van der Waals surface area contributed by atoms with E-state index in [4.69, 9.17) is 4.74 Å². The van der Waals surface area contributed by atoms with E-state index < -0.39 is 17.7 Å². The van der Waals surface area contributed by atoms with Crippen LogP contribution in [0.25, 0.3) is 0 Å². The molecule has 0 saturated heterocycles. The summed E-state index contributed by atoms with van der Waals surface area (Å²) < 4.78 is 5.24. The first-order chi connectivity index (χ1) is 11.4. The van der Waals surface area contributed by atoms with Gasteiger partial charge in [0, 0.05) is 6.54 Å². The molecule has 0 bridgehead atoms. The predicted octanol–water partition coefficient (Wildman–Crippen LogP) is 1.93. The van der Waals surface area contributed by atoms with Crippen molar-refractivity contribution in [3.05, 3.63) is 41.2 Å². The molecule has 0 aromatic heterocycles. The molecular weight excluding hydrogens is 308 g/mol. The average Bonchev–Trinajstić information content (AvgIpc) is 2.79. The second-order valence-corrected chi connectivity index (χ2v) is 6.15. The average molecular weight is 332 g/mol. The zero-order valence-corrected chi connectivity index (χ0v) is 14.6. The Hall–Kier alpha value is -2.34. The molecule has 0 aliphatic carbocycles. The van der Waals surface area contributed by atoms with Crippen LogP contribution < -0.4 is 4.74 Å². The van der Waals surface area contributed by atoms with Crippen LogP contribution in [0, 0.1) is 0 Å². The molecule has 0 spiro atoms. The van der Waals surface area contributed by atoms with Crippen LogP contribution in [0.5, 0.6) is 5.75 Å². The lowest BCUT2D eigenvalue weighted by Gasteiger charge is -2.27. The van der Waals surface area contributed by atoms with Crippen LogP contribution in [0.2, 0.25) is 0 Å². The largest absolute Gasteiger partial charge is 0.503 e. The summed E-state index contributed by atoms with van der Waals surface area (Å²) >= 11 is 0. The lowest BCUT2D eigenvalue weighted by Crippen LogP contribution is -2.33. The maximum absolute atomic E-state index is 12.5. The molecule has 2 rings (SSSR count). The zero-order valence-electron chi connectivity index (χ0n) is 14.6. The molecule has 1 atom stereocenters. The molecule has 1 aliphatic heterocycles. The predicted molar refractivity (Wildman–Crippen MR) is 91.0 cm³/mol. The lowest BCUT2D eigenvalue weighted by atomic mass is 9.96. The lowest BCUT2D eigenvalue weighted by molar-refractivity contribution is -0.129. The van der Waals surface area contributed by atoms with Crippen LogP contribution in [0.4, 0.5) is 0 Å². The van der Waals surface area contributed by atoms with Crippen molar-refractivity contribution in [2.45, 2.75) is 19.4 Å². The van der Waals surface area contributed by atoms with Gasteiger partial charge in [-0.3, -0.25) is 9.59 Å². The molecule has 1 aromatic carbocycles. The highest BCUT2D eigenvalue weighted by Gasteiger charge is 2.42. The number of carbonyl (C=O) groups is 2. The highest BCUT2D eigenvalue weighted by atomic mass is 16.5. The maximum atomic E-state index is 12.5. The number of benzene rings is 1. The van der Waals surface area contributed by atoms with E-state index in [2.05, 4.69) is 0 Å². The zero-order chi connectivity index (χ0) is 17.9. The third-order valence-corrected chi connectivity index (χ3v) is 4.10. The molecule has 0 fully saturated rings. The first kappa shape index (κ1) is 18.0. The van der Waals surface area contributed by atoms with Crippen molar-refractivity contribution < 1.29 is 19.4 Å². The fraction of sp³-hybridized carbons (Fsp3) is 0.444. The third-order valence-electron chi connectivity index (χ3n) is 4.10. The number of nitrogens with zero attached hydrogens (tertiary/aromatic N) is 2. The van der Waals surface area contributed by atoms with Crippen molar-refractivity contribution in [2.24, 2.45) is 0 Å².